The van der Waals surface area contributed by atoms with Crippen molar-refractivity contribution in [1.29, 1.82) is 0 Å². The highest BCUT2D eigenvalue weighted by Crippen LogP contribution is 2.23. The van der Waals surface area contributed by atoms with Gasteiger partial charge in [0.05, 0.1) is 6.10 Å². The second kappa shape index (κ2) is 6.49. The van der Waals surface area contributed by atoms with Crippen molar-refractivity contribution in [1.82, 2.24) is 0 Å². The normalized spacial score (nSPS) is 27.4. The maximum atomic E-state index is 5.60. The molecule has 2 aliphatic rings. The monoisotopic (exact) mass is 274 g/mol. The number of nitrogens with one attached hydrogen (secondary N) is 1. The molecule has 2 atom stereocenters. The molecule has 0 saturated carbocycles. The van der Waals surface area contributed by atoms with Gasteiger partial charge in [0.15, 0.2) is 0 Å². The zero-order valence-corrected chi connectivity index (χ0v) is 12.5. The smallest absolute Gasteiger partial charge is 0.0566 e. The summed E-state index contributed by atoms with van der Waals surface area (Å²) in [4.78, 5) is 2.50. The van der Waals surface area contributed by atoms with Gasteiger partial charge in [-0.1, -0.05) is 0 Å². The van der Waals surface area contributed by atoms with Crippen molar-refractivity contribution in [2.75, 3.05) is 29.9 Å². The highest BCUT2D eigenvalue weighted by Gasteiger charge is 2.19. The molecule has 1 aromatic rings. The molecule has 0 aliphatic carbocycles. The van der Waals surface area contributed by atoms with Crippen molar-refractivity contribution in [2.24, 2.45) is 0 Å². The van der Waals surface area contributed by atoms with E-state index in [2.05, 4.69) is 41.4 Å². The van der Waals surface area contributed by atoms with Gasteiger partial charge in [-0.25, -0.2) is 0 Å². The van der Waals surface area contributed by atoms with Crippen LogP contribution < -0.4 is 10.2 Å². The molecule has 2 unspecified atom stereocenters. The third kappa shape index (κ3) is 3.45. The minimum Gasteiger partial charge on any atom is -0.382 e. The van der Waals surface area contributed by atoms with E-state index in [4.69, 9.17) is 4.74 Å². The van der Waals surface area contributed by atoms with Gasteiger partial charge < -0.3 is 15.0 Å². The molecule has 3 heteroatoms. The summed E-state index contributed by atoms with van der Waals surface area (Å²) in [6.45, 7) is 5.46. The van der Waals surface area contributed by atoms with Gasteiger partial charge in [0.25, 0.3) is 0 Å². The van der Waals surface area contributed by atoms with Gasteiger partial charge in [-0.05, 0) is 63.3 Å². The molecule has 110 valence electrons. The zero-order chi connectivity index (χ0) is 13.8. The Balaban J connectivity index is 1.58. The summed E-state index contributed by atoms with van der Waals surface area (Å²) in [5, 5.41) is 3.64. The molecule has 0 aromatic heterocycles. The number of nitrogens with zero attached hydrogens (tertiary/aromatic N) is 1. The van der Waals surface area contributed by atoms with E-state index >= 15 is 0 Å². The fraction of sp³-hybridized carbons (Fsp3) is 0.647. The van der Waals surface area contributed by atoms with E-state index < -0.39 is 0 Å². The highest BCUT2D eigenvalue weighted by atomic mass is 16.5. The number of benzene rings is 1. The molecule has 0 spiro atoms. The predicted octanol–water partition coefficient (Wildman–Crippen LogP) is 3.66. The lowest BCUT2D eigenvalue weighted by Gasteiger charge is -2.30. The molecule has 2 heterocycles. The van der Waals surface area contributed by atoms with Crippen LogP contribution in [0.1, 0.15) is 39.0 Å². The minimum atomic E-state index is 0.383. The largest absolute Gasteiger partial charge is 0.382 e. The number of hydrogen-bond acceptors (Lipinski definition) is 3. The number of anilines is 2. The topological polar surface area (TPSA) is 24.5 Å². The standard InChI is InChI=1S/C17H26N2O/c1-14-13-16(9-12-20-14)18-15-5-7-17(8-6-15)19-10-3-2-4-11-19/h5-8,14,16,18H,2-4,9-13H2,1H3. The molecular weight excluding hydrogens is 248 g/mol. The van der Waals surface area contributed by atoms with Crippen LogP contribution in [0.5, 0.6) is 0 Å². The minimum absolute atomic E-state index is 0.383. The first kappa shape index (κ1) is 13.7. The third-order valence-corrected chi connectivity index (χ3v) is 4.44. The summed E-state index contributed by atoms with van der Waals surface area (Å²) in [5.41, 5.74) is 2.61. The fourth-order valence-corrected chi connectivity index (χ4v) is 3.29. The lowest BCUT2D eigenvalue weighted by atomic mass is 10.0. The van der Waals surface area contributed by atoms with Crippen LogP contribution in [0, 0.1) is 0 Å². The number of piperidine rings is 1. The summed E-state index contributed by atoms with van der Waals surface area (Å²) >= 11 is 0. The van der Waals surface area contributed by atoms with E-state index in [1.807, 2.05) is 0 Å². The fourth-order valence-electron chi connectivity index (χ4n) is 3.29. The molecule has 0 bridgehead atoms. The Morgan fingerprint density at radius 3 is 2.55 bits per heavy atom. The van der Waals surface area contributed by atoms with Crippen LogP contribution in [0.4, 0.5) is 11.4 Å². The molecule has 20 heavy (non-hydrogen) atoms. The quantitative estimate of drug-likeness (QED) is 0.910. The second-order valence-corrected chi connectivity index (χ2v) is 6.14. The molecule has 3 nitrogen and oxygen atoms in total. The van der Waals surface area contributed by atoms with Crippen LogP contribution in [0.15, 0.2) is 24.3 Å². The Hall–Kier alpha value is -1.22. The van der Waals surface area contributed by atoms with Crippen LogP contribution >= 0.6 is 0 Å². The molecule has 1 N–H and O–H groups in total. The number of rotatable bonds is 3. The van der Waals surface area contributed by atoms with Gasteiger partial charge in [0, 0.05) is 37.1 Å². The van der Waals surface area contributed by atoms with Crippen molar-refractivity contribution < 1.29 is 4.74 Å². The van der Waals surface area contributed by atoms with Crippen molar-refractivity contribution in [3.05, 3.63) is 24.3 Å². The lowest BCUT2D eigenvalue weighted by Crippen LogP contribution is -2.32. The Morgan fingerprint density at radius 2 is 1.85 bits per heavy atom. The van der Waals surface area contributed by atoms with Gasteiger partial charge in [-0.3, -0.25) is 0 Å². The molecular formula is C17H26N2O. The molecule has 2 fully saturated rings. The Kier molecular flexibility index (Phi) is 4.46. The van der Waals surface area contributed by atoms with Gasteiger partial charge >= 0.3 is 0 Å². The van der Waals surface area contributed by atoms with Crippen LogP contribution in [0.25, 0.3) is 0 Å². The summed E-state index contributed by atoms with van der Waals surface area (Å²) in [5.74, 6) is 0. The summed E-state index contributed by atoms with van der Waals surface area (Å²) in [7, 11) is 0. The summed E-state index contributed by atoms with van der Waals surface area (Å²) in [6, 6.07) is 9.53. The zero-order valence-electron chi connectivity index (χ0n) is 12.5. The van der Waals surface area contributed by atoms with Gasteiger partial charge in [-0.15, -0.1) is 0 Å². The molecule has 0 radical (unpaired) electrons. The first-order valence-electron chi connectivity index (χ1n) is 8.04. The molecule has 1 aromatic carbocycles. The SMILES string of the molecule is CC1CC(Nc2ccc(N3CCCCC3)cc2)CCO1. The lowest BCUT2D eigenvalue weighted by molar-refractivity contribution is 0.0232. The Labute approximate surface area is 122 Å². The van der Waals surface area contributed by atoms with E-state index in [0.717, 1.165) is 19.4 Å². The van der Waals surface area contributed by atoms with Gasteiger partial charge in [0.1, 0.15) is 0 Å². The highest BCUT2D eigenvalue weighted by molar-refractivity contribution is 5.55. The van der Waals surface area contributed by atoms with Crippen molar-refractivity contribution >= 4 is 11.4 Å². The molecule has 0 amide bonds. The number of ether oxygens (including phenoxy) is 1. The van der Waals surface area contributed by atoms with E-state index in [-0.39, 0.29) is 0 Å². The van der Waals surface area contributed by atoms with E-state index in [1.54, 1.807) is 0 Å². The maximum Gasteiger partial charge on any atom is 0.0566 e. The van der Waals surface area contributed by atoms with E-state index in [0.29, 0.717) is 12.1 Å². The van der Waals surface area contributed by atoms with Crippen LogP contribution in [-0.4, -0.2) is 31.8 Å². The van der Waals surface area contributed by atoms with Crippen LogP contribution in [0.2, 0.25) is 0 Å². The van der Waals surface area contributed by atoms with Crippen LogP contribution in [-0.2, 0) is 4.74 Å². The summed E-state index contributed by atoms with van der Waals surface area (Å²) < 4.78 is 5.60. The van der Waals surface area contributed by atoms with Crippen molar-refractivity contribution in [3.8, 4) is 0 Å². The predicted molar refractivity (Wildman–Crippen MR) is 84.6 cm³/mol. The third-order valence-electron chi connectivity index (χ3n) is 4.44. The first-order chi connectivity index (χ1) is 9.81. The first-order valence-corrected chi connectivity index (χ1v) is 8.04. The average molecular weight is 274 g/mol. The van der Waals surface area contributed by atoms with Crippen molar-refractivity contribution in [3.63, 3.8) is 0 Å². The van der Waals surface area contributed by atoms with Crippen molar-refractivity contribution in [2.45, 2.75) is 51.2 Å². The van der Waals surface area contributed by atoms with Crippen LogP contribution in [0.3, 0.4) is 0 Å². The molecule has 3 rings (SSSR count). The Morgan fingerprint density at radius 1 is 1.10 bits per heavy atom. The molecule has 2 aliphatic heterocycles. The second-order valence-electron chi connectivity index (χ2n) is 6.14. The molecule has 2 saturated heterocycles. The average Bonchev–Trinajstić information content (AvgIpc) is 2.49. The summed E-state index contributed by atoms with van der Waals surface area (Å²) in [6.07, 6.45) is 6.65. The number of hydrogen-bond donors (Lipinski definition) is 1. The maximum absolute atomic E-state index is 5.60. The van der Waals surface area contributed by atoms with E-state index in [1.165, 1.54) is 43.7 Å². The van der Waals surface area contributed by atoms with Gasteiger partial charge in [-0.2, -0.15) is 0 Å². The Bertz CT molecular complexity index is 412. The van der Waals surface area contributed by atoms with Gasteiger partial charge in [0.2, 0.25) is 0 Å². The van der Waals surface area contributed by atoms with E-state index in [9.17, 15) is 0 Å².